The molecule has 3 aromatic heterocycles. The number of aromatic amines is 1. The molecule has 3 heterocycles. The molecule has 0 radical (unpaired) electrons. The summed E-state index contributed by atoms with van der Waals surface area (Å²) in [7, 11) is 1.60. The molecule has 1 aliphatic rings. The van der Waals surface area contributed by atoms with Crippen LogP contribution in [0.5, 0.6) is 11.6 Å². The van der Waals surface area contributed by atoms with Crippen LogP contribution in [0, 0.1) is 18.3 Å². The Kier molecular flexibility index (Phi) is 5.53. The van der Waals surface area contributed by atoms with Gasteiger partial charge in [-0.15, -0.1) is 0 Å². The topological polar surface area (TPSA) is 110 Å². The van der Waals surface area contributed by atoms with Gasteiger partial charge < -0.3 is 18.9 Å². The minimum absolute atomic E-state index is 0.141. The van der Waals surface area contributed by atoms with E-state index < -0.39 is 0 Å². The van der Waals surface area contributed by atoms with Crippen LogP contribution >= 0.6 is 0 Å². The molecule has 0 atom stereocenters. The van der Waals surface area contributed by atoms with Gasteiger partial charge >= 0.3 is 0 Å². The number of benzene rings is 2. The third kappa shape index (κ3) is 4.03. The van der Waals surface area contributed by atoms with Gasteiger partial charge in [-0.25, -0.2) is 9.97 Å². The fourth-order valence-corrected chi connectivity index (χ4v) is 4.94. The molecule has 0 aliphatic heterocycles. The maximum Gasteiger partial charge on any atom is 0.227 e. The van der Waals surface area contributed by atoms with Gasteiger partial charge in [0.25, 0.3) is 0 Å². The summed E-state index contributed by atoms with van der Waals surface area (Å²) < 4.78 is 17.8. The Bertz CT molecular complexity index is 1620. The first-order valence-electron chi connectivity index (χ1n) is 12.1. The Morgan fingerprint density at radius 2 is 1.97 bits per heavy atom. The molecule has 1 saturated carbocycles. The molecule has 0 unspecified atom stereocenters. The molecule has 2 aromatic carbocycles. The van der Waals surface area contributed by atoms with Gasteiger partial charge in [-0.05, 0) is 55.5 Å². The number of aromatic nitrogens is 4. The third-order valence-corrected chi connectivity index (χ3v) is 6.70. The standard InChI is InChI=1S/C28H25N5O3/c1-16-31-22-10-9-18(12-24(22)35-16)21-15-30-27-26(21)28(36-20-5-3-4-6-20)33-25(32-27)13-19-8-7-17(14-29)11-23(19)34-2/h7-12,15,20H,3-6,13H2,1-2H3,(H,30,32,33). The van der Waals surface area contributed by atoms with Gasteiger partial charge in [0.2, 0.25) is 5.88 Å². The van der Waals surface area contributed by atoms with Crippen LogP contribution in [0.25, 0.3) is 33.3 Å². The number of oxazole rings is 1. The number of nitrogens with zero attached hydrogens (tertiary/aromatic N) is 4. The predicted molar refractivity (Wildman–Crippen MR) is 135 cm³/mol. The number of nitrogens with one attached hydrogen (secondary N) is 1. The summed E-state index contributed by atoms with van der Waals surface area (Å²) in [6, 6.07) is 13.5. The zero-order chi connectivity index (χ0) is 24.6. The van der Waals surface area contributed by atoms with Gasteiger partial charge in [-0.2, -0.15) is 10.2 Å². The zero-order valence-electron chi connectivity index (χ0n) is 20.2. The number of aryl methyl sites for hydroxylation is 1. The lowest BCUT2D eigenvalue weighted by molar-refractivity contribution is 0.204. The van der Waals surface area contributed by atoms with Crippen LogP contribution in [0.3, 0.4) is 0 Å². The summed E-state index contributed by atoms with van der Waals surface area (Å²) in [5, 5.41) is 10.1. The van der Waals surface area contributed by atoms with Crippen molar-refractivity contribution in [2.75, 3.05) is 7.11 Å². The van der Waals surface area contributed by atoms with Crippen LogP contribution in [0.2, 0.25) is 0 Å². The molecule has 1 aliphatic carbocycles. The Balaban J connectivity index is 1.45. The maximum absolute atomic E-state index is 9.22. The summed E-state index contributed by atoms with van der Waals surface area (Å²) in [4.78, 5) is 17.5. The van der Waals surface area contributed by atoms with Gasteiger partial charge in [0.1, 0.15) is 28.8 Å². The Hall–Kier alpha value is -4.38. The van der Waals surface area contributed by atoms with E-state index in [0.29, 0.717) is 41.0 Å². The highest BCUT2D eigenvalue weighted by Crippen LogP contribution is 2.37. The van der Waals surface area contributed by atoms with E-state index in [2.05, 4.69) is 16.0 Å². The average molecular weight is 480 g/mol. The Morgan fingerprint density at radius 1 is 1.11 bits per heavy atom. The summed E-state index contributed by atoms with van der Waals surface area (Å²) in [5.74, 6) is 2.48. The SMILES string of the molecule is COc1cc(C#N)ccc1Cc1nc(OC2CCCC2)c2c(-c3ccc4nc(C)oc4c3)c[nH]c2n1. The van der Waals surface area contributed by atoms with Crippen molar-refractivity contribution < 1.29 is 13.9 Å². The van der Waals surface area contributed by atoms with E-state index in [4.69, 9.17) is 23.9 Å². The fraction of sp³-hybridized carbons (Fsp3) is 0.286. The first-order valence-corrected chi connectivity index (χ1v) is 12.1. The summed E-state index contributed by atoms with van der Waals surface area (Å²) >= 11 is 0. The lowest BCUT2D eigenvalue weighted by Crippen LogP contribution is -2.13. The maximum atomic E-state index is 9.22. The molecule has 36 heavy (non-hydrogen) atoms. The average Bonchev–Trinajstić information content (AvgIpc) is 3.63. The first-order chi connectivity index (χ1) is 17.6. The number of methoxy groups -OCH3 is 1. The van der Waals surface area contributed by atoms with Crippen molar-refractivity contribution in [1.82, 2.24) is 19.9 Å². The number of hydrogen-bond acceptors (Lipinski definition) is 7. The van der Waals surface area contributed by atoms with Crippen LogP contribution in [0.4, 0.5) is 0 Å². The van der Waals surface area contributed by atoms with Crippen molar-refractivity contribution in [3.8, 4) is 28.8 Å². The molecule has 180 valence electrons. The highest BCUT2D eigenvalue weighted by atomic mass is 16.5. The molecule has 5 aromatic rings. The van der Waals surface area contributed by atoms with E-state index in [1.165, 1.54) is 0 Å². The molecule has 0 spiro atoms. The molecular weight excluding hydrogens is 454 g/mol. The first kappa shape index (κ1) is 22.1. The minimum atomic E-state index is 0.141. The van der Waals surface area contributed by atoms with Crippen molar-refractivity contribution in [3.05, 3.63) is 65.4 Å². The van der Waals surface area contributed by atoms with Gasteiger partial charge in [-0.1, -0.05) is 12.1 Å². The number of H-pyrrole nitrogens is 1. The van der Waals surface area contributed by atoms with Crippen LogP contribution in [0.1, 0.15) is 48.5 Å². The Labute approximate surface area is 207 Å². The van der Waals surface area contributed by atoms with Crippen molar-refractivity contribution in [2.24, 2.45) is 0 Å². The van der Waals surface area contributed by atoms with Crippen LogP contribution in [-0.2, 0) is 6.42 Å². The molecule has 0 amide bonds. The predicted octanol–water partition coefficient (Wildman–Crippen LogP) is 5.87. The van der Waals surface area contributed by atoms with E-state index in [0.717, 1.165) is 58.9 Å². The molecule has 1 fully saturated rings. The lowest BCUT2D eigenvalue weighted by atomic mass is 10.1. The van der Waals surface area contributed by atoms with E-state index >= 15 is 0 Å². The zero-order valence-corrected chi connectivity index (χ0v) is 20.2. The van der Waals surface area contributed by atoms with E-state index in [-0.39, 0.29) is 6.10 Å². The number of nitriles is 1. The highest BCUT2D eigenvalue weighted by Gasteiger charge is 2.23. The molecule has 6 rings (SSSR count). The van der Waals surface area contributed by atoms with Crippen molar-refractivity contribution in [3.63, 3.8) is 0 Å². The lowest BCUT2D eigenvalue weighted by Gasteiger charge is -2.15. The molecule has 1 N–H and O–H groups in total. The molecule has 0 saturated heterocycles. The summed E-state index contributed by atoms with van der Waals surface area (Å²) in [6.07, 6.45) is 6.90. The number of hydrogen-bond donors (Lipinski definition) is 1. The smallest absolute Gasteiger partial charge is 0.227 e. The van der Waals surface area contributed by atoms with Gasteiger partial charge in [0.15, 0.2) is 11.5 Å². The van der Waals surface area contributed by atoms with E-state index in [1.807, 2.05) is 37.4 Å². The van der Waals surface area contributed by atoms with Crippen molar-refractivity contribution in [2.45, 2.75) is 45.1 Å². The highest BCUT2D eigenvalue weighted by molar-refractivity contribution is 5.98. The van der Waals surface area contributed by atoms with E-state index in [9.17, 15) is 5.26 Å². The number of ether oxygens (including phenoxy) is 2. The minimum Gasteiger partial charge on any atom is -0.496 e. The molecule has 0 bridgehead atoms. The van der Waals surface area contributed by atoms with Crippen LogP contribution in [-0.4, -0.2) is 33.1 Å². The van der Waals surface area contributed by atoms with Gasteiger partial charge in [0, 0.05) is 30.7 Å². The molecule has 8 heteroatoms. The van der Waals surface area contributed by atoms with E-state index in [1.54, 1.807) is 19.2 Å². The van der Waals surface area contributed by atoms with Crippen LogP contribution < -0.4 is 9.47 Å². The third-order valence-electron chi connectivity index (χ3n) is 6.70. The summed E-state index contributed by atoms with van der Waals surface area (Å²) in [5.41, 5.74) is 5.66. The number of fused-ring (bicyclic) bond motifs is 2. The Morgan fingerprint density at radius 3 is 2.78 bits per heavy atom. The fourth-order valence-electron chi connectivity index (χ4n) is 4.94. The molecule has 8 nitrogen and oxygen atoms in total. The monoisotopic (exact) mass is 479 g/mol. The van der Waals surface area contributed by atoms with Gasteiger partial charge in [0.05, 0.1) is 24.1 Å². The second kappa shape index (κ2) is 9.00. The van der Waals surface area contributed by atoms with Gasteiger partial charge in [-0.3, -0.25) is 0 Å². The van der Waals surface area contributed by atoms with Crippen molar-refractivity contribution in [1.29, 1.82) is 5.26 Å². The van der Waals surface area contributed by atoms with Crippen LogP contribution in [0.15, 0.2) is 47.0 Å². The largest absolute Gasteiger partial charge is 0.496 e. The second-order valence-corrected chi connectivity index (χ2v) is 9.13. The van der Waals surface area contributed by atoms with Crippen molar-refractivity contribution >= 4 is 22.1 Å². The second-order valence-electron chi connectivity index (χ2n) is 9.13. The normalized spacial score (nSPS) is 13.9. The quantitative estimate of drug-likeness (QED) is 0.324. The summed E-state index contributed by atoms with van der Waals surface area (Å²) in [6.45, 7) is 1.84. The molecular formula is C28H25N5O3. The number of rotatable bonds is 6.